The molecule has 1 N–H and O–H groups in total. The molecule has 0 aliphatic carbocycles. The summed E-state index contributed by atoms with van der Waals surface area (Å²) in [5.74, 6) is 0.627. The highest BCUT2D eigenvalue weighted by Gasteiger charge is 2.17. The van der Waals surface area contributed by atoms with Crippen molar-refractivity contribution in [2.45, 2.75) is 0 Å². The molecule has 3 rings (SSSR count). The number of carboxylic acids is 1. The Morgan fingerprint density at radius 1 is 1.08 bits per heavy atom. The Morgan fingerprint density at radius 3 is 2.48 bits per heavy atom. The van der Waals surface area contributed by atoms with Gasteiger partial charge in [-0.3, -0.25) is 4.79 Å². The average molecular weight is 338 g/mol. The second kappa shape index (κ2) is 6.92. The molecule has 0 bridgehead atoms. The predicted molar refractivity (Wildman–Crippen MR) is 89.6 cm³/mol. The highest BCUT2D eigenvalue weighted by atomic mass is 16.5. The lowest BCUT2D eigenvalue weighted by Gasteiger charge is -2.11. The Hall–Kier alpha value is -3.54. The van der Waals surface area contributed by atoms with Gasteiger partial charge in [-0.15, -0.1) is 0 Å². The van der Waals surface area contributed by atoms with E-state index in [0.717, 1.165) is 0 Å². The van der Waals surface area contributed by atoms with Crippen molar-refractivity contribution >= 4 is 12.3 Å². The van der Waals surface area contributed by atoms with Gasteiger partial charge in [0.25, 0.3) is 0 Å². The molecule has 0 saturated heterocycles. The van der Waals surface area contributed by atoms with Gasteiger partial charge in [0.05, 0.1) is 12.7 Å². The number of aldehydes is 1. The zero-order valence-electron chi connectivity index (χ0n) is 13.3. The molecule has 0 amide bonds. The van der Waals surface area contributed by atoms with Crippen molar-refractivity contribution in [1.29, 1.82) is 0 Å². The first-order chi connectivity index (χ1) is 12.1. The van der Waals surface area contributed by atoms with E-state index in [1.807, 2.05) is 0 Å². The van der Waals surface area contributed by atoms with Crippen LogP contribution in [0.3, 0.4) is 0 Å². The van der Waals surface area contributed by atoms with Gasteiger partial charge in [-0.1, -0.05) is 12.1 Å². The minimum atomic E-state index is -1.13. The average Bonchev–Trinajstić information content (AvgIpc) is 3.11. The van der Waals surface area contributed by atoms with E-state index >= 15 is 0 Å². The SMILES string of the molecule is COc1ccccc1Oc1ccc(-c2ccc(C=O)o2)c(C(=O)O)c1. The van der Waals surface area contributed by atoms with Gasteiger partial charge in [-0.25, -0.2) is 4.79 Å². The summed E-state index contributed by atoms with van der Waals surface area (Å²) in [6.45, 7) is 0. The van der Waals surface area contributed by atoms with Crippen molar-refractivity contribution in [3.63, 3.8) is 0 Å². The van der Waals surface area contributed by atoms with Gasteiger partial charge < -0.3 is 19.0 Å². The van der Waals surface area contributed by atoms with Crippen molar-refractivity contribution < 1.29 is 28.6 Å². The van der Waals surface area contributed by atoms with Crippen molar-refractivity contribution in [1.82, 2.24) is 0 Å². The van der Waals surface area contributed by atoms with Crippen molar-refractivity contribution in [3.8, 4) is 28.6 Å². The molecular weight excluding hydrogens is 324 g/mol. The predicted octanol–water partition coefficient (Wildman–Crippen LogP) is 4.26. The third-order valence-electron chi connectivity index (χ3n) is 3.53. The molecule has 0 unspecified atom stereocenters. The first kappa shape index (κ1) is 16.3. The molecule has 0 fully saturated rings. The Labute approximate surface area is 143 Å². The Morgan fingerprint density at radius 2 is 1.84 bits per heavy atom. The molecule has 25 heavy (non-hydrogen) atoms. The number of furan rings is 1. The van der Waals surface area contributed by atoms with Crippen LogP contribution in [-0.4, -0.2) is 24.5 Å². The maximum absolute atomic E-state index is 11.6. The number of hydrogen-bond donors (Lipinski definition) is 1. The number of ether oxygens (including phenoxy) is 2. The first-order valence-electron chi connectivity index (χ1n) is 7.36. The lowest BCUT2D eigenvalue weighted by Crippen LogP contribution is -2.00. The van der Waals surface area contributed by atoms with Crippen molar-refractivity contribution in [2.75, 3.05) is 7.11 Å². The maximum Gasteiger partial charge on any atom is 0.336 e. The molecule has 0 aliphatic heterocycles. The minimum absolute atomic E-state index is 0.000744. The number of carboxylic acid groups (broad SMARTS) is 1. The summed E-state index contributed by atoms with van der Waals surface area (Å²) in [6, 6.07) is 14.7. The lowest BCUT2D eigenvalue weighted by molar-refractivity contribution is 0.0697. The van der Waals surface area contributed by atoms with Crippen molar-refractivity contribution in [3.05, 3.63) is 65.9 Å². The fourth-order valence-electron chi connectivity index (χ4n) is 2.37. The molecule has 0 spiro atoms. The fraction of sp³-hybridized carbons (Fsp3) is 0.0526. The summed E-state index contributed by atoms with van der Waals surface area (Å²) in [4.78, 5) is 22.4. The zero-order chi connectivity index (χ0) is 17.8. The number of para-hydroxylation sites is 2. The maximum atomic E-state index is 11.6. The highest BCUT2D eigenvalue weighted by Crippen LogP contribution is 2.34. The third kappa shape index (κ3) is 3.37. The van der Waals surface area contributed by atoms with Crippen LogP contribution in [0, 0.1) is 0 Å². The van der Waals surface area contributed by atoms with E-state index in [9.17, 15) is 14.7 Å². The Balaban J connectivity index is 1.99. The molecule has 0 atom stereocenters. The van der Waals surface area contributed by atoms with Gasteiger partial charge in [0, 0.05) is 5.56 Å². The first-order valence-corrected chi connectivity index (χ1v) is 7.36. The van der Waals surface area contributed by atoms with E-state index in [2.05, 4.69) is 0 Å². The smallest absolute Gasteiger partial charge is 0.336 e. The second-order valence-corrected chi connectivity index (χ2v) is 5.09. The molecule has 0 aliphatic rings. The van der Waals surface area contributed by atoms with Gasteiger partial charge in [0.2, 0.25) is 0 Å². The van der Waals surface area contributed by atoms with E-state index in [-0.39, 0.29) is 11.3 Å². The minimum Gasteiger partial charge on any atom is -0.493 e. The van der Waals surface area contributed by atoms with Crippen LogP contribution in [0.25, 0.3) is 11.3 Å². The van der Waals surface area contributed by atoms with E-state index in [0.29, 0.717) is 34.9 Å². The quantitative estimate of drug-likeness (QED) is 0.676. The molecule has 1 aromatic heterocycles. The summed E-state index contributed by atoms with van der Waals surface area (Å²) in [6.07, 6.45) is 0.559. The normalized spacial score (nSPS) is 10.3. The van der Waals surface area contributed by atoms with Gasteiger partial charge in [0.1, 0.15) is 11.5 Å². The molecule has 126 valence electrons. The van der Waals surface area contributed by atoms with Gasteiger partial charge in [0.15, 0.2) is 23.5 Å². The topological polar surface area (TPSA) is 86.0 Å². The monoisotopic (exact) mass is 338 g/mol. The Bertz CT molecular complexity index is 925. The molecule has 3 aromatic rings. The number of aromatic carboxylic acids is 1. The lowest BCUT2D eigenvalue weighted by atomic mass is 10.0. The van der Waals surface area contributed by atoms with Gasteiger partial charge in [-0.2, -0.15) is 0 Å². The molecule has 0 saturated carbocycles. The molecule has 0 radical (unpaired) electrons. The summed E-state index contributed by atoms with van der Waals surface area (Å²) in [5, 5.41) is 9.49. The van der Waals surface area contributed by atoms with Crippen LogP contribution in [0.5, 0.6) is 17.2 Å². The van der Waals surface area contributed by atoms with Gasteiger partial charge in [-0.05, 0) is 42.5 Å². The summed E-state index contributed by atoms with van der Waals surface area (Å²) >= 11 is 0. The zero-order valence-corrected chi connectivity index (χ0v) is 13.3. The molecule has 1 heterocycles. The number of methoxy groups -OCH3 is 1. The molecular formula is C19H14O6. The van der Waals surface area contributed by atoms with Crippen LogP contribution >= 0.6 is 0 Å². The third-order valence-corrected chi connectivity index (χ3v) is 3.53. The second-order valence-electron chi connectivity index (χ2n) is 5.09. The highest BCUT2D eigenvalue weighted by molar-refractivity contribution is 5.96. The van der Waals surface area contributed by atoms with Crippen molar-refractivity contribution in [2.24, 2.45) is 0 Å². The van der Waals surface area contributed by atoms with Crippen LogP contribution in [0.2, 0.25) is 0 Å². The number of carbonyl (C=O) groups is 2. The van der Waals surface area contributed by atoms with E-state index in [1.54, 1.807) is 42.5 Å². The number of rotatable bonds is 6. The number of hydrogen-bond acceptors (Lipinski definition) is 5. The number of carbonyl (C=O) groups excluding carboxylic acids is 1. The number of benzene rings is 2. The van der Waals surface area contributed by atoms with Gasteiger partial charge >= 0.3 is 5.97 Å². The molecule has 6 nitrogen and oxygen atoms in total. The summed E-state index contributed by atoms with van der Waals surface area (Å²) in [7, 11) is 1.52. The Kier molecular flexibility index (Phi) is 4.52. The fourth-order valence-corrected chi connectivity index (χ4v) is 2.37. The summed E-state index contributed by atoms with van der Waals surface area (Å²) < 4.78 is 16.3. The molecule has 6 heteroatoms. The van der Waals surface area contributed by atoms with E-state index in [1.165, 1.54) is 19.2 Å². The van der Waals surface area contributed by atoms with Crippen LogP contribution < -0.4 is 9.47 Å². The largest absolute Gasteiger partial charge is 0.493 e. The van der Waals surface area contributed by atoms with E-state index in [4.69, 9.17) is 13.9 Å². The summed E-state index contributed by atoms with van der Waals surface area (Å²) in [5.41, 5.74) is 0.354. The van der Waals surface area contributed by atoms with Crippen LogP contribution in [0.4, 0.5) is 0 Å². The van der Waals surface area contributed by atoms with E-state index < -0.39 is 5.97 Å². The van der Waals surface area contributed by atoms with Crippen LogP contribution in [0.1, 0.15) is 20.9 Å². The van der Waals surface area contributed by atoms with Crippen LogP contribution in [0.15, 0.2) is 59.0 Å². The molecule has 2 aromatic carbocycles. The standard InChI is InChI=1S/C19H14O6/c1-23-17-4-2-3-5-18(17)24-12-6-8-14(15(10-12)19(21)22)16-9-7-13(11-20)25-16/h2-11H,1H3,(H,21,22). The van der Waals surface area contributed by atoms with Crippen LogP contribution in [-0.2, 0) is 0 Å².